The van der Waals surface area contributed by atoms with Crippen LogP contribution in [-0.4, -0.2) is 33.9 Å². The number of thioether (sulfide) groups is 1. The molecule has 1 amide bonds. The van der Waals surface area contributed by atoms with E-state index in [2.05, 4.69) is 34.6 Å². The maximum atomic E-state index is 12.4. The van der Waals surface area contributed by atoms with E-state index in [1.54, 1.807) is 38.1 Å². The molecule has 0 unspecified atom stereocenters. The monoisotopic (exact) mass is 439 g/mol. The first kappa shape index (κ1) is 22.6. The Balaban J connectivity index is 1.54. The van der Waals surface area contributed by atoms with Crippen molar-refractivity contribution >= 4 is 29.3 Å². The molecule has 7 nitrogen and oxygen atoms in total. The van der Waals surface area contributed by atoms with E-state index in [1.165, 1.54) is 5.56 Å². The standard InChI is InChI=1S/C23H25N3O4S/c1-4-16-9-11-17(12-10-16)13-21-25-26-23(30-21)31-14-20(27)24-19-8-6-5-7-18(19)22(28)29-15(2)3/h5-12,15H,4,13-14H2,1-3H3,(H,24,27). The van der Waals surface area contributed by atoms with Crippen molar-refractivity contribution in [3.8, 4) is 0 Å². The summed E-state index contributed by atoms with van der Waals surface area (Å²) in [6, 6.07) is 15.0. The zero-order valence-corrected chi connectivity index (χ0v) is 18.6. The quantitative estimate of drug-likeness (QED) is 0.387. The van der Waals surface area contributed by atoms with Gasteiger partial charge in [0.2, 0.25) is 11.8 Å². The first-order valence-electron chi connectivity index (χ1n) is 10.1. The number of hydrogen-bond acceptors (Lipinski definition) is 7. The molecule has 0 aliphatic rings. The van der Waals surface area contributed by atoms with Gasteiger partial charge in [-0.3, -0.25) is 4.79 Å². The van der Waals surface area contributed by atoms with Crippen molar-refractivity contribution in [1.29, 1.82) is 0 Å². The highest BCUT2D eigenvalue weighted by Gasteiger charge is 2.16. The van der Waals surface area contributed by atoms with E-state index in [0.29, 0.717) is 28.8 Å². The van der Waals surface area contributed by atoms with Crippen LogP contribution in [0.15, 0.2) is 58.2 Å². The predicted molar refractivity (Wildman–Crippen MR) is 119 cm³/mol. The van der Waals surface area contributed by atoms with Crippen molar-refractivity contribution < 1.29 is 18.7 Å². The highest BCUT2D eigenvalue weighted by atomic mass is 32.2. The van der Waals surface area contributed by atoms with Crippen molar-refractivity contribution in [3.05, 3.63) is 71.1 Å². The summed E-state index contributed by atoms with van der Waals surface area (Å²) < 4.78 is 10.9. The number of rotatable bonds is 9. The Bertz CT molecular complexity index is 1030. The lowest BCUT2D eigenvalue weighted by atomic mass is 10.1. The summed E-state index contributed by atoms with van der Waals surface area (Å²) in [5.74, 6) is -0.203. The first-order valence-corrected chi connectivity index (χ1v) is 11.1. The Morgan fingerprint density at radius 1 is 1.06 bits per heavy atom. The fourth-order valence-electron chi connectivity index (χ4n) is 2.80. The van der Waals surface area contributed by atoms with Gasteiger partial charge in [0.15, 0.2) is 0 Å². The highest BCUT2D eigenvalue weighted by Crippen LogP contribution is 2.20. The molecule has 1 aromatic heterocycles. The van der Waals surface area contributed by atoms with Crippen molar-refractivity contribution in [2.24, 2.45) is 0 Å². The van der Waals surface area contributed by atoms with Crippen LogP contribution in [0.3, 0.4) is 0 Å². The lowest BCUT2D eigenvalue weighted by molar-refractivity contribution is -0.113. The zero-order chi connectivity index (χ0) is 22.2. The summed E-state index contributed by atoms with van der Waals surface area (Å²) in [5.41, 5.74) is 3.07. The molecular formula is C23H25N3O4S. The van der Waals surface area contributed by atoms with E-state index in [-0.39, 0.29) is 17.8 Å². The number of amides is 1. The average Bonchev–Trinajstić information content (AvgIpc) is 3.20. The number of carbonyl (C=O) groups is 2. The fraction of sp³-hybridized carbons (Fsp3) is 0.304. The van der Waals surface area contributed by atoms with Crippen molar-refractivity contribution in [2.75, 3.05) is 11.1 Å². The minimum Gasteiger partial charge on any atom is -0.459 e. The normalized spacial score (nSPS) is 10.8. The van der Waals surface area contributed by atoms with Gasteiger partial charge in [-0.2, -0.15) is 0 Å². The van der Waals surface area contributed by atoms with E-state index in [1.807, 2.05) is 12.1 Å². The summed E-state index contributed by atoms with van der Waals surface area (Å²) >= 11 is 1.14. The number of nitrogens with zero attached hydrogens (tertiary/aromatic N) is 2. The molecule has 0 saturated carbocycles. The van der Waals surface area contributed by atoms with E-state index in [0.717, 1.165) is 23.7 Å². The SMILES string of the molecule is CCc1ccc(Cc2nnc(SCC(=O)Nc3ccccc3C(=O)OC(C)C)o2)cc1. The maximum absolute atomic E-state index is 12.4. The molecule has 0 spiro atoms. The van der Waals surface area contributed by atoms with Crippen LogP contribution in [0.1, 0.15) is 48.1 Å². The molecule has 0 atom stereocenters. The molecule has 0 bridgehead atoms. The van der Waals surface area contributed by atoms with Gasteiger partial charge >= 0.3 is 5.97 Å². The van der Waals surface area contributed by atoms with Crippen molar-refractivity contribution in [3.63, 3.8) is 0 Å². The van der Waals surface area contributed by atoms with Crippen LogP contribution >= 0.6 is 11.8 Å². The molecule has 1 N–H and O–H groups in total. The minimum absolute atomic E-state index is 0.0698. The first-order chi connectivity index (χ1) is 14.9. The number of anilines is 1. The van der Waals surface area contributed by atoms with Gasteiger partial charge in [-0.1, -0.05) is 55.1 Å². The molecule has 3 aromatic rings. The van der Waals surface area contributed by atoms with Crippen LogP contribution in [0.5, 0.6) is 0 Å². The van der Waals surface area contributed by atoms with Crippen LogP contribution in [-0.2, 0) is 22.4 Å². The van der Waals surface area contributed by atoms with Gasteiger partial charge in [-0.05, 0) is 43.5 Å². The number of para-hydroxylation sites is 1. The Morgan fingerprint density at radius 3 is 2.48 bits per heavy atom. The molecule has 0 aliphatic heterocycles. The molecule has 162 valence electrons. The number of esters is 1. The molecule has 0 saturated heterocycles. The van der Waals surface area contributed by atoms with Gasteiger partial charge in [-0.15, -0.1) is 10.2 Å². The second-order valence-corrected chi connectivity index (χ2v) is 8.07. The third-order valence-corrected chi connectivity index (χ3v) is 5.14. The summed E-state index contributed by atoms with van der Waals surface area (Å²) in [6.07, 6.45) is 1.28. The van der Waals surface area contributed by atoms with Gasteiger partial charge in [0.1, 0.15) is 0 Å². The van der Waals surface area contributed by atoms with Gasteiger partial charge in [0.25, 0.3) is 5.22 Å². The van der Waals surface area contributed by atoms with Gasteiger partial charge in [0, 0.05) is 0 Å². The number of aromatic nitrogens is 2. The van der Waals surface area contributed by atoms with Crippen LogP contribution in [0.25, 0.3) is 0 Å². The molecule has 8 heteroatoms. The van der Waals surface area contributed by atoms with Crippen LogP contribution in [0, 0.1) is 0 Å². The largest absolute Gasteiger partial charge is 0.459 e. The lowest BCUT2D eigenvalue weighted by Gasteiger charge is -2.12. The molecule has 0 fully saturated rings. The topological polar surface area (TPSA) is 94.3 Å². The third kappa shape index (κ3) is 6.68. The van der Waals surface area contributed by atoms with E-state index < -0.39 is 5.97 Å². The summed E-state index contributed by atoms with van der Waals surface area (Å²) in [6.45, 7) is 5.66. The Labute approximate surface area is 185 Å². The van der Waals surface area contributed by atoms with Crippen LogP contribution < -0.4 is 5.32 Å². The molecule has 0 aliphatic carbocycles. The molecule has 0 radical (unpaired) electrons. The number of ether oxygens (including phenoxy) is 1. The second kappa shape index (κ2) is 10.8. The zero-order valence-electron chi connectivity index (χ0n) is 17.8. The molecule has 31 heavy (non-hydrogen) atoms. The second-order valence-electron chi connectivity index (χ2n) is 7.15. The van der Waals surface area contributed by atoms with Crippen molar-refractivity contribution in [1.82, 2.24) is 10.2 Å². The van der Waals surface area contributed by atoms with Gasteiger partial charge in [-0.25, -0.2) is 4.79 Å². The number of hydrogen-bond donors (Lipinski definition) is 1. The van der Waals surface area contributed by atoms with Gasteiger partial charge < -0.3 is 14.5 Å². The lowest BCUT2D eigenvalue weighted by Crippen LogP contribution is -2.18. The Hall–Kier alpha value is -3.13. The number of benzene rings is 2. The molecule has 3 rings (SSSR count). The van der Waals surface area contributed by atoms with Crippen LogP contribution in [0.2, 0.25) is 0 Å². The number of aryl methyl sites for hydroxylation is 1. The van der Waals surface area contributed by atoms with Crippen molar-refractivity contribution in [2.45, 2.75) is 44.9 Å². The summed E-state index contributed by atoms with van der Waals surface area (Å²) in [7, 11) is 0. The average molecular weight is 440 g/mol. The fourth-order valence-corrected chi connectivity index (χ4v) is 3.38. The summed E-state index contributed by atoms with van der Waals surface area (Å²) in [4.78, 5) is 24.6. The predicted octanol–water partition coefficient (Wildman–Crippen LogP) is 4.52. The Kier molecular flexibility index (Phi) is 7.83. The van der Waals surface area contributed by atoms with Crippen LogP contribution in [0.4, 0.5) is 5.69 Å². The Morgan fingerprint density at radius 2 is 1.77 bits per heavy atom. The smallest absolute Gasteiger partial charge is 0.340 e. The highest BCUT2D eigenvalue weighted by molar-refractivity contribution is 7.99. The van der Waals surface area contributed by atoms with E-state index in [4.69, 9.17) is 9.15 Å². The number of nitrogens with one attached hydrogen (secondary N) is 1. The van der Waals surface area contributed by atoms with Gasteiger partial charge in [0.05, 0.1) is 29.5 Å². The number of carbonyl (C=O) groups excluding carboxylic acids is 2. The summed E-state index contributed by atoms with van der Waals surface area (Å²) in [5, 5.41) is 11.1. The van der Waals surface area contributed by atoms with E-state index in [9.17, 15) is 9.59 Å². The van der Waals surface area contributed by atoms with E-state index >= 15 is 0 Å². The molecule has 2 aromatic carbocycles. The minimum atomic E-state index is -0.480. The molecular weight excluding hydrogens is 414 g/mol. The molecule has 1 heterocycles. The third-order valence-electron chi connectivity index (χ3n) is 4.33. The maximum Gasteiger partial charge on any atom is 0.340 e.